The molecule has 1 unspecified atom stereocenters. The molecule has 3 rings (SSSR count). The molecule has 0 spiro atoms. The zero-order valence-corrected chi connectivity index (χ0v) is 15.4. The van der Waals surface area contributed by atoms with Gasteiger partial charge in [0.15, 0.2) is 5.78 Å². The van der Waals surface area contributed by atoms with Crippen LogP contribution in [0, 0.1) is 12.7 Å². The average molecular weight is 377 g/mol. The number of ether oxygens (including phenoxy) is 1. The predicted octanol–water partition coefficient (Wildman–Crippen LogP) is 3.18. The first-order valence-electron chi connectivity index (χ1n) is 8.31. The lowest BCUT2D eigenvalue weighted by Crippen LogP contribution is -2.40. The molecule has 1 aliphatic rings. The fourth-order valence-corrected chi connectivity index (χ4v) is 5.13. The monoisotopic (exact) mass is 377 g/mol. The van der Waals surface area contributed by atoms with Crippen LogP contribution in [0.25, 0.3) is 0 Å². The molecule has 0 aliphatic carbocycles. The highest BCUT2D eigenvalue weighted by molar-refractivity contribution is 7.89. The Morgan fingerprint density at radius 2 is 1.88 bits per heavy atom. The third kappa shape index (κ3) is 3.37. The molecule has 138 valence electrons. The van der Waals surface area contributed by atoms with E-state index in [-0.39, 0.29) is 17.2 Å². The van der Waals surface area contributed by atoms with Crippen molar-refractivity contribution in [1.29, 1.82) is 0 Å². The third-order valence-corrected chi connectivity index (χ3v) is 6.67. The topological polar surface area (TPSA) is 63.7 Å². The Balaban J connectivity index is 1.92. The molecule has 0 amide bonds. The van der Waals surface area contributed by atoms with Crippen molar-refractivity contribution in [2.75, 3.05) is 13.7 Å². The van der Waals surface area contributed by atoms with Crippen LogP contribution in [-0.2, 0) is 10.0 Å². The van der Waals surface area contributed by atoms with Gasteiger partial charge in [0.25, 0.3) is 0 Å². The molecule has 2 aromatic carbocycles. The number of ketones is 1. The van der Waals surface area contributed by atoms with Gasteiger partial charge in [0.2, 0.25) is 10.0 Å². The number of Topliss-reactive ketones (excluding diaryl/α,β-unsaturated/α-hetero) is 1. The Bertz CT molecular complexity index is 925. The molecule has 1 saturated heterocycles. The number of methoxy groups -OCH3 is 1. The van der Waals surface area contributed by atoms with Gasteiger partial charge in [-0.2, -0.15) is 4.31 Å². The van der Waals surface area contributed by atoms with Crippen LogP contribution in [0.5, 0.6) is 5.75 Å². The van der Waals surface area contributed by atoms with E-state index in [0.717, 1.165) is 6.07 Å². The van der Waals surface area contributed by atoms with E-state index in [1.165, 1.54) is 23.5 Å². The summed E-state index contributed by atoms with van der Waals surface area (Å²) in [4.78, 5) is 12.9. The summed E-state index contributed by atoms with van der Waals surface area (Å²) in [6.45, 7) is 1.82. The highest BCUT2D eigenvalue weighted by Crippen LogP contribution is 2.30. The molecule has 0 N–H and O–H groups in total. The highest BCUT2D eigenvalue weighted by Gasteiger charge is 2.40. The van der Waals surface area contributed by atoms with E-state index >= 15 is 0 Å². The third-order valence-electron chi connectivity index (χ3n) is 4.60. The molecular weight excluding hydrogens is 357 g/mol. The molecule has 1 heterocycles. The number of carbonyl (C=O) groups is 1. The number of rotatable bonds is 5. The van der Waals surface area contributed by atoms with Gasteiger partial charge in [-0.05, 0) is 67.8 Å². The van der Waals surface area contributed by atoms with Crippen LogP contribution in [0.2, 0.25) is 0 Å². The average Bonchev–Trinajstić information content (AvgIpc) is 3.11. The molecular formula is C19H20FNO4S. The fraction of sp³-hybridized carbons (Fsp3) is 0.316. The van der Waals surface area contributed by atoms with Gasteiger partial charge in [-0.3, -0.25) is 4.79 Å². The first-order chi connectivity index (χ1) is 12.3. The van der Waals surface area contributed by atoms with Gasteiger partial charge in [-0.15, -0.1) is 0 Å². The second-order valence-corrected chi connectivity index (χ2v) is 8.14. The Kier molecular flexibility index (Phi) is 5.11. The summed E-state index contributed by atoms with van der Waals surface area (Å²) in [6, 6.07) is 9.42. The molecule has 0 bridgehead atoms. The van der Waals surface area contributed by atoms with Gasteiger partial charge in [0, 0.05) is 12.1 Å². The standard InChI is InChI=1S/C19H20FNO4S/c1-13-12-15(20)7-10-18(13)26(23,24)21-11-3-4-17(21)19(22)14-5-8-16(25-2)9-6-14/h5-10,12,17H,3-4,11H2,1-2H3. The molecule has 0 radical (unpaired) electrons. The molecule has 0 saturated carbocycles. The van der Waals surface area contributed by atoms with Gasteiger partial charge in [-0.25, -0.2) is 12.8 Å². The molecule has 7 heteroatoms. The Morgan fingerprint density at radius 1 is 1.19 bits per heavy atom. The van der Waals surface area contributed by atoms with Crippen LogP contribution in [0.1, 0.15) is 28.8 Å². The van der Waals surface area contributed by atoms with Crippen molar-refractivity contribution in [3.63, 3.8) is 0 Å². The van der Waals surface area contributed by atoms with Crippen LogP contribution < -0.4 is 4.74 Å². The summed E-state index contributed by atoms with van der Waals surface area (Å²) in [6.07, 6.45) is 1.07. The summed E-state index contributed by atoms with van der Waals surface area (Å²) >= 11 is 0. The second-order valence-electron chi connectivity index (χ2n) is 6.28. The SMILES string of the molecule is COc1ccc(C(=O)C2CCCN2S(=O)(=O)c2ccc(F)cc2C)cc1. The zero-order chi connectivity index (χ0) is 18.9. The molecule has 5 nitrogen and oxygen atoms in total. The second kappa shape index (κ2) is 7.17. The van der Waals surface area contributed by atoms with Crippen molar-refractivity contribution in [3.05, 3.63) is 59.4 Å². The summed E-state index contributed by atoms with van der Waals surface area (Å²) < 4.78 is 45.7. The maximum Gasteiger partial charge on any atom is 0.244 e. The normalized spacial score (nSPS) is 18.0. The number of hydrogen-bond acceptors (Lipinski definition) is 4. The van der Waals surface area contributed by atoms with Crippen molar-refractivity contribution in [2.24, 2.45) is 0 Å². The van der Waals surface area contributed by atoms with E-state index in [1.807, 2.05) is 0 Å². The van der Waals surface area contributed by atoms with Crippen molar-refractivity contribution in [2.45, 2.75) is 30.7 Å². The lowest BCUT2D eigenvalue weighted by atomic mass is 10.0. The number of benzene rings is 2. The Labute approximate surface area is 152 Å². The largest absolute Gasteiger partial charge is 0.497 e. The van der Waals surface area contributed by atoms with Crippen LogP contribution in [0.15, 0.2) is 47.4 Å². The lowest BCUT2D eigenvalue weighted by Gasteiger charge is -2.24. The predicted molar refractivity (Wildman–Crippen MR) is 95.4 cm³/mol. The smallest absolute Gasteiger partial charge is 0.244 e. The van der Waals surface area contributed by atoms with Crippen molar-refractivity contribution in [1.82, 2.24) is 4.31 Å². The zero-order valence-electron chi connectivity index (χ0n) is 14.6. The number of halogens is 1. The minimum absolute atomic E-state index is 0.0355. The van der Waals surface area contributed by atoms with E-state index in [1.54, 1.807) is 31.2 Å². The van der Waals surface area contributed by atoms with Crippen molar-refractivity contribution in [3.8, 4) is 5.75 Å². The number of nitrogens with zero attached hydrogens (tertiary/aromatic N) is 1. The summed E-state index contributed by atoms with van der Waals surface area (Å²) in [5.74, 6) is -0.110. The van der Waals surface area contributed by atoms with Gasteiger partial charge in [0.05, 0.1) is 18.0 Å². The van der Waals surface area contributed by atoms with Gasteiger partial charge >= 0.3 is 0 Å². The Hall–Kier alpha value is -2.25. The van der Waals surface area contributed by atoms with Crippen LogP contribution in [0.3, 0.4) is 0 Å². The summed E-state index contributed by atoms with van der Waals surface area (Å²) in [5.41, 5.74) is 0.765. The maximum atomic E-state index is 13.3. The minimum atomic E-state index is -3.88. The lowest BCUT2D eigenvalue weighted by molar-refractivity contribution is 0.0918. The number of carbonyl (C=O) groups excluding carboxylic acids is 1. The van der Waals surface area contributed by atoms with Crippen LogP contribution >= 0.6 is 0 Å². The first kappa shape index (κ1) is 18.5. The Morgan fingerprint density at radius 3 is 2.50 bits per heavy atom. The minimum Gasteiger partial charge on any atom is -0.497 e. The molecule has 2 aromatic rings. The highest BCUT2D eigenvalue weighted by atomic mass is 32.2. The van der Waals surface area contributed by atoms with E-state index in [0.29, 0.717) is 29.7 Å². The van der Waals surface area contributed by atoms with Crippen LogP contribution in [-0.4, -0.2) is 38.2 Å². The molecule has 1 atom stereocenters. The van der Waals surface area contributed by atoms with Gasteiger partial charge in [0.1, 0.15) is 11.6 Å². The summed E-state index contributed by atoms with van der Waals surface area (Å²) in [5, 5.41) is 0. The van der Waals surface area contributed by atoms with Crippen molar-refractivity contribution < 1.29 is 22.3 Å². The fourth-order valence-electron chi connectivity index (χ4n) is 3.27. The molecule has 1 aliphatic heterocycles. The number of aryl methyl sites for hydroxylation is 1. The van der Waals surface area contributed by atoms with Crippen LogP contribution in [0.4, 0.5) is 4.39 Å². The molecule has 26 heavy (non-hydrogen) atoms. The number of hydrogen-bond donors (Lipinski definition) is 0. The summed E-state index contributed by atoms with van der Waals surface area (Å²) in [7, 11) is -2.35. The maximum absolute atomic E-state index is 13.3. The molecule has 0 aromatic heterocycles. The first-order valence-corrected chi connectivity index (χ1v) is 9.75. The van der Waals surface area contributed by atoms with Crippen molar-refractivity contribution >= 4 is 15.8 Å². The van der Waals surface area contributed by atoms with E-state index < -0.39 is 21.9 Å². The molecule has 1 fully saturated rings. The van der Waals surface area contributed by atoms with Gasteiger partial charge < -0.3 is 4.74 Å². The van der Waals surface area contributed by atoms with Gasteiger partial charge in [-0.1, -0.05) is 0 Å². The van der Waals surface area contributed by atoms with E-state index in [9.17, 15) is 17.6 Å². The van der Waals surface area contributed by atoms with E-state index in [4.69, 9.17) is 4.74 Å². The number of sulfonamides is 1. The van der Waals surface area contributed by atoms with E-state index in [2.05, 4.69) is 0 Å². The quantitative estimate of drug-likeness (QED) is 0.751.